The topological polar surface area (TPSA) is 32.3 Å². The summed E-state index contributed by atoms with van der Waals surface area (Å²) in [5.74, 6) is 1.16. The number of hydrogen-bond donors (Lipinski definition) is 1. The van der Waals surface area contributed by atoms with Gasteiger partial charge < -0.3 is 10.2 Å². The summed E-state index contributed by atoms with van der Waals surface area (Å²) in [5.41, 5.74) is 4.81. The lowest BCUT2D eigenvalue weighted by molar-refractivity contribution is 0.0951. The van der Waals surface area contributed by atoms with E-state index >= 15 is 0 Å². The van der Waals surface area contributed by atoms with Gasteiger partial charge >= 0.3 is 0 Å². The molecule has 3 heteroatoms. The van der Waals surface area contributed by atoms with Crippen molar-refractivity contribution in [3.63, 3.8) is 0 Å². The molecule has 0 aromatic heterocycles. The molecule has 0 spiro atoms. The summed E-state index contributed by atoms with van der Waals surface area (Å²) in [6.45, 7) is 2.95. The van der Waals surface area contributed by atoms with Gasteiger partial charge in [0.15, 0.2) is 0 Å². The van der Waals surface area contributed by atoms with Crippen LogP contribution < -0.4 is 5.32 Å². The van der Waals surface area contributed by atoms with Crippen LogP contribution in [0.2, 0.25) is 0 Å². The van der Waals surface area contributed by atoms with Crippen molar-refractivity contribution in [3.8, 4) is 0 Å². The van der Waals surface area contributed by atoms with Gasteiger partial charge in [-0.2, -0.15) is 0 Å². The van der Waals surface area contributed by atoms with Gasteiger partial charge in [0.25, 0.3) is 5.91 Å². The molecule has 1 aromatic carbocycles. The monoisotopic (exact) mass is 282 g/mol. The Morgan fingerprint density at radius 2 is 2.19 bits per heavy atom. The van der Waals surface area contributed by atoms with Crippen LogP contribution in [0.1, 0.15) is 46.7 Å². The molecule has 2 atom stereocenters. The van der Waals surface area contributed by atoms with Crippen molar-refractivity contribution in [2.75, 3.05) is 26.7 Å². The molecule has 1 aromatic rings. The Hall–Kier alpha value is -1.61. The average Bonchev–Trinajstić information content (AvgIpc) is 3.11. The molecule has 110 valence electrons. The zero-order chi connectivity index (χ0) is 14.4. The van der Waals surface area contributed by atoms with Crippen molar-refractivity contribution < 1.29 is 4.79 Å². The van der Waals surface area contributed by atoms with Crippen LogP contribution in [-0.4, -0.2) is 37.5 Å². The molecule has 1 aliphatic carbocycles. The van der Waals surface area contributed by atoms with Crippen LogP contribution in [-0.2, 0) is 0 Å². The second kappa shape index (κ2) is 4.99. The van der Waals surface area contributed by atoms with E-state index in [1.165, 1.54) is 29.5 Å². The maximum atomic E-state index is 12.4. The molecule has 1 fully saturated rings. The predicted molar refractivity (Wildman–Crippen MR) is 84.3 cm³/mol. The first-order valence-corrected chi connectivity index (χ1v) is 8.02. The van der Waals surface area contributed by atoms with E-state index in [1.807, 2.05) is 0 Å². The number of nitrogens with zero attached hydrogens (tertiary/aromatic N) is 1. The first-order valence-electron chi connectivity index (χ1n) is 8.02. The van der Waals surface area contributed by atoms with Crippen LogP contribution in [0.4, 0.5) is 0 Å². The van der Waals surface area contributed by atoms with Gasteiger partial charge in [0.1, 0.15) is 0 Å². The fourth-order valence-corrected chi connectivity index (χ4v) is 4.17. The number of benzene rings is 1. The maximum absolute atomic E-state index is 12.4. The Bertz CT molecular complexity index is 620. The number of likely N-dealkylation sites (tertiary alicyclic amines) is 1. The number of nitrogens with one attached hydrogen (secondary N) is 1. The van der Waals surface area contributed by atoms with Crippen LogP contribution in [0.15, 0.2) is 24.3 Å². The van der Waals surface area contributed by atoms with Gasteiger partial charge in [0.05, 0.1) is 0 Å². The van der Waals surface area contributed by atoms with Crippen molar-refractivity contribution in [1.29, 1.82) is 0 Å². The number of rotatable bonds is 1. The number of hydrogen-bond acceptors (Lipinski definition) is 2. The minimum atomic E-state index is 0.113. The number of carbonyl (C=O) groups excluding carboxylic acids is 1. The molecule has 2 unspecified atom stereocenters. The molecule has 3 nitrogen and oxygen atoms in total. The van der Waals surface area contributed by atoms with Gasteiger partial charge in [-0.3, -0.25) is 4.79 Å². The molecule has 2 heterocycles. The molecule has 4 rings (SSSR count). The minimum absolute atomic E-state index is 0.113. The highest BCUT2D eigenvalue weighted by Crippen LogP contribution is 2.37. The molecule has 0 bridgehead atoms. The molecule has 1 amide bonds. The van der Waals surface area contributed by atoms with E-state index in [-0.39, 0.29) is 5.91 Å². The third-order valence-corrected chi connectivity index (χ3v) is 5.26. The van der Waals surface area contributed by atoms with E-state index in [4.69, 9.17) is 0 Å². The van der Waals surface area contributed by atoms with Gasteiger partial charge in [-0.1, -0.05) is 18.2 Å². The second-order valence-electron chi connectivity index (χ2n) is 6.72. The third kappa shape index (κ3) is 2.20. The first kappa shape index (κ1) is 13.1. The quantitative estimate of drug-likeness (QED) is 0.859. The molecule has 0 saturated carbocycles. The molecular weight excluding hydrogens is 260 g/mol. The summed E-state index contributed by atoms with van der Waals surface area (Å²) in [5, 5.41) is 3.13. The maximum Gasteiger partial charge on any atom is 0.251 e. The van der Waals surface area contributed by atoms with Crippen molar-refractivity contribution in [2.45, 2.75) is 25.2 Å². The number of amides is 1. The Balaban J connectivity index is 1.77. The van der Waals surface area contributed by atoms with Gasteiger partial charge in [0.2, 0.25) is 0 Å². The molecule has 21 heavy (non-hydrogen) atoms. The highest BCUT2D eigenvalue weighted by atomic mass is 16.1. The normalized spacial score (nSPS) is 28.6. The average molecular weight is 282 g/mol. The van der Waals surface area contributed by atoms with Crippen LogP contribution in [0.5, 0.6) is 0 Å². The number of allylic oxidation sites excluding steroid dienone is 2. The molecule has 0 radical (unpaired) electrons. The number of carbonyl (C=O) groups is 1. The summed E-state index contributed by atoms with van der Waals surface area (Å²) in [6, 6.07) is 6.57. The number of likely N-dealkylation sites (N-methyl/N-ethyl adjacent to an activating group) is 1. The fraction of sp³-hybridized carbons (Fsp3) is 0.500. The Morgan fingerprint density at radius 3 is 3.00 bits per heavy atom. The van der Waals surface area contributed by atoms with Crippen LogP contribution in [0, 0.1) is 5.92 Å². The van der Waals surface area contributed by atoms with Crippen molar-refractivity contribution in [1.82, 2.24) is 10.2 Å². The van der Waals surface area contributed by atoms with E-state index in [9.17, 15) is 4.79 Å². The molecule has 3 aliphatic rings. The van der Waals surface area contributed by atoms with E-state index < -0.39 is 0 Å². The summed E-state index contributed by atoms with van der Waals surface area (Å²) in [6.07, 6.45) is 5.89. The molecule has 1 saturated heterocycles. The zero-order valence-electron chi connectivity index (χ0n) is 12.6. The number of fused-ring (bicyclic) bond motifs is 3. The summed E-state index contributed by atoms with van der Waals surface area (Å²) >= 11 is 0. The molecular formula is C18H22N2O. The van der Waals surface area contributed by atoms with Crippen molar-refractivity contribution in [3.05, 3.63) is 41.0 Å². The van der Waals surface area contributed by atoms with E-state index in [0.717, 1.165) is 31.6 Å². The van der Waals surface area contributed by atoms with Gasteiger partial charge in [-0.05, 0) is 55.0 Å². The van der Waals surface area contributed by atoms with Crippen LogP contribution in [0.25, 0.3) is 5.57 Å². The Kier molecular flexibility index (Phi) is 3.11. The molecule has 2 aliphatic heterocycles. The smallest absolute Gasteiger partial charge is 0.251 e. The van der Waals surface area contributed by atoms with Gasteiger partial charge in [-0.25, -0.2) is 0 Å². The van der Waals surface area contributed by atoms with E-state index in [1.54, 1.807) is 0 Å². The van der Waals surface area contributed by atoms with Crippen LogP contribution >= 0.6 is 0 Å². The highest BCUT2D eigenvalue weighted by molar-refractivity contribution is 5.97. The summed E-state index contributed by atoms with van der Waals surface area (Å²) < 4.78 is 0. The third-order valence-electron chi connectivity index (χ3n) is 5.26. The van der Waals surface area contributed by atoms with Gasteiger partial charge in [0, 0.05) is 31.1 Å². The highest BCUT2D eigenvalue weighted by Gasteiger charge is 2.36. The van der Waals surface area contributed by atoms with Gasteiger partial charge in [-0.15, -0.1) is 0 Å². The molecule has 1 N–H and O–H groups in total. The Morgan fingerprint density at radius 1 is 1.29 bits per heavy atom. The lowest BCUT2D eigenvalue weighted by Gasteiger charge is -2.17. The lowest BCUT2D eigenvalue weighted by atomic mass is 9.86. The van der Waals surface area contributed by atoms with Crippen molar-refractivity contribution in [2.24, 2.45) is 5.92 Å². The standard InChI is InChI=1S/C18H22N2O/c1-20-10-14-9-19-18(21)16-8-13(12-4-2-3-5-12)6-7-15(16)17(14)11-20/h4,6-8,14,17H,2-3,5,9-11H2,1H3,(H,19,21). The van der Waals surface area contributed by atoms with E-state index in [0.29, 0.717) is 11.8 Å². The largest absolute Gasteiger partial charge is 0.352 e. The van der Waals surface area contributed by atoms with E-state index in [2.05, 4.69) is 41.5 Å². The Labute approximate surface area is 126 Å². The SMILES string of the molecule is CN1CC2CNC(=O)c3cc(C4=CCCC4)ccc3C2C1. The first-order chi connectivity index (χ1) is 10.2. The summed E-state index contributed by atoms with van der Waals surface area (Å²) in [4.78, 5) is 14.8. The lowest BCUT2D eigenvalue weighted by Crippen LogP contribution is -2.29. The van der Waals surface area contributed by atoms with Crippen LogP contribution in [0.3, 0.4) is 0 Å². The summed E-state index contributed by atoms with van der Waals surface area (Å²) in [7, 11) is 2.17. The zero-order valence-corrected chi connectivity index (χ0v) is 12.6. The minimum Gasteiger partial charge on any atom is -0.352 e. The second-order valence-corrected chi connectivity index (χ2v) is 6.72. The predicted octanol–water partition coefficient (Wildman–Crippen LogP) is 2.64. The van der Waals surface area contributed by atoms with Crippen molar-refractivity contribution >= 4 is 11.5 Å². The fourth-order valence-electron chi connectivity index (χ4n) is 4.17.